The largest absolute Gasteiger partial charge is 0.444 e. The number of hydrogen-bond donors (Lipinski definition) is 1. The number of carbonyl (C=O) groups excluding carboxylic acids is 2. The Morgan fingerprint density at radius 3 is 2.56 bits per heavy atom. The van der Waals surface area contributed by atoms with Crippen LogP contribution in [0.25, 0.3) is 0 Å². The number of rotatable bonds is 7. The molecule has 0 unspecified atom stereocenters. The van der Waals surface area contributed by atoms with Crippen molar-refractivity contribution in [3.05, 3.63) is 29.3 Å². The van der Waals surface area contributed by atoms with Crippen LogP contribution in [0.15, 0.2) is 23.1 Å². The lowest BCUT2D eigenvalue weighted by atomic mass is 9.92. The summed E-state index contributed by atoms with van der Waals surface area (Å²) < 4.78 is 33.4. The van der Waals surface area contributed by atoms with E-state index in [0.29, 0.717) is 19.6 Å². The summed E-state index contributed by atoms with van der Waals surface area (Å²) in [7, 11) is -1.94. The van der Waals surface area contributed by atoms with E-state index in [-0.39, 0.29) is 35.8 Å². The first kappa shape index (κ1) is 26.5. The second-order valence-corrected chi connectivity index (χ2v) is 12.3. The third kappa shape index (κ3) is 7.43. The van der Waals surface area contributed by atoms with E-state index in [0.717, 1.165) is 44.1 Å². The first-order chi connectivity index (χ1) is 15.9. The lowest BCUT2D eigenvalue weighted by molar-refractivity contribution is -0.132. The summed E-state index contributed by atoms with van der Waals surface area (Å²) in [5.74, 6) is 0.0974. The molecule has 190 valence electrons. The lowest BCUT2D eigenvalue weighted by Crippen LogP contribution is -2.45. The number of nitrogens with one attached hydrogen (secondary N) is 1. The Bertz CT molecular complexity index is 987. The van der Waals surface area contributed by atoms with Crippen molar-refractivity contribution in [3.63, 3.8) is 0 Å². The third-order valence-corrected chi connectivity index (χ3v) is 7.83. The zero-order valence-corrected chi connectivity index (χ0v) is 21.7. The molecule has 8 nitrogen and oxygen atoms in total. The molecule has 1 saturated heterocycles. The molecule has 1 aromatic rings. The molecule has 1 aliphatic carbocycles. The predicted molar refractivity (Wildman–Crippen MR) is 131 cm³/mol. The van der Waals surface area contributed by atoms with Gasteiger partial charge in [0.15, 0.2) is 0 Å². The van der Waals surface area contributed by atoms with Crippen LogP contribution in [0.2, 0.25) is 0 Å². The number of amides is 2. The summed E-state index contributed by atoms with van der Waals surface area (Å²) in [6.07, 6.45) is 5.68. The number of carbonyl (C=O) groups is 2. The molecule has 1 N–H and O–H groups in total. The molecule has 9 heteroatoms. The molecule has 1 fully saturated rings. The van der Waals surface area contributed by atoms with E-state index in [1.165, 1.54) is 5.56 Å². The Morgan fingerprint density at radius 1 is 1.15 bits per heavy atom. The minimum absolute atomic E-state index is 0.0667. The minimum Gasteiger partial charge on any atom is -0.444 e. The first-order valence-electron chi connectivity index (χ1n) is 12.3. The van der Waals surface area contributed by atoms with Crippen LogP contribution < -0.4 is 4.72 Å². The lowest BCUT2D eigenvalue weighted by Gasteiger charge is -2.35. The van der Waals surface area contributed by atoms with Crippen LogP contribution in [0, 0.1) is 5.92 Å². The second kappa shape index (κ2) is 11.1. The topological polar surface area (TPSA) is 96.0 Å². The van der Waals surface area contributed by atoms with Crippen LogP contribution in [0.3, 0.4) is 0 Å². The monoisotopic (exact) mass is 493 g/mol. The molecule has 0 radical (unpaired) electrons. The fraction of sp³-hybridized carbons (Fsp3) is 0.680. The molecular formula is C25H39N3O5S. The summed E-state index contributed by atoms with van der Waals surface area (Å²) in [6, 6.07) is 5.34. The average molecular weight is 494 g/mol. The fourth-order valence-corrected chi connectivity index (χ4v) is 5.74. The van der Waals surface area contributed by atoms with Crippen LogP contribution in [0.5, 0.6) is 0 Å². The number of benzene rings is 1. The van der Waals surface area contributed by atoms with Crippen molar-refractivity contribution in [2.45, 2.75) is 76.2 Å². The van der Waals surface area contributed by atoms with Gasteiger partial charge in [-0.1, -0.05) is 6.07 Å². The van der Waals surface area contributed by atoms with Gasteiger partial charge in [-0.3, -0.25) is 4.79 Å². The Hall–Kier alpha value is -2.13. The first-order valence-corrected chi connectivity index (χ1v) is 13.8. The van der Waals surface area contributed by atoms with E-state index in [9.17, 15) is 18.0 Å². The number of aryl methyl sites for hydroxylation is 2. The van der Waals surface area contributed by atoms with Gasteiger partial charge >= 0.3 is 6.09 Å². The summed E-state index contributed by atoms with van der Waals surface area (Å²) in [4.78, 5) is 28.6. The number of sulfonamides is 1. The van der Waals surface area contributed by atoms with Gasteiger partial charge < -0.3 is 14.5 Å². The van der Waals surface area contributed by atoms with Gasteiger partial charge in [-0.2, -0.15) is 0 Å². The molecule has 2 amide bonds. The molecule has 0 bridgehead atoms. The smallest absolute Gasteiger partial charge is 0.410 e. The van der Waals surface area contributed by atoms with Crippen molar-refractivity contribution in [3.8, 4) is 0 Å². The van der Waals surface area contributed by atoms with Gasteiger partial charge in [0.25, 0.3) is 0 Å². The molecule has 0 aromatic heterocycles. The summed E-state index contributed by atoms with van der Waals surface area (Å²) in [5, 5.41) is 0. The van der Waals surface area contributed by atoms with Gasteiger partial charge in [0, 0.05) is 39.6 Å². The van der Waals surface area contributed by atoms with E-state index in [2.05, 4.69) is 4.72 Å². The molecule has 1 aromatic carbocycles. The highest BCUT2D eigenvalue weighted by Gasteiger charge is 2.27. The van der Waals surface area contributed by atoms with Gasteiger partial charge in [-0.15, -0.1) is 0 Å². The van der Waals surface area contributed by atoms with Gasteiger partial charge in [-0.25, -0.2) is 17.9 Å². The van der Waals surface area contributed by atoms with Crippen LogP contribution >= 0.6 is 0 Å². The molecule has 1 aliphatic heterocycles. The Labute approximate surface area is 204 Å². The number of fused-ring (bicyclic) bond motifs is 1. The average Bonchev–Trinajstić information content (AvgIpc) is 2.77. The second-order valence-electron chi connectivity index (χ2n) is 10.5. The van der Waals surface area contributed by atoms with E-state index in [1.54, 1.807) is 29.0 Å². The molecular weight excluding hydrogens is 454 g/mol. The van der Waals surface area contributed by atoms with Crippen LogP contribution in [-0.2, 0) is 32.4 Å². The summed E-state index contributed by atoms with van der Waals surface area (Å²) in [6.45, 7) is 7.30. The SMILES string of the molecule is CN(C[C@@H]1CCCN(C(=O)CCNS(=O)(=O)c2ccc3c(c2)CCCC3)C1)C(=O)OC(C)(C)C. The van der Waals surface area contributed by atoms with Gasteiger partial charge in [-0.05, 0) is 88.5 Å². The minimum atomic E-state index is -3.65. The Balaban J connectivity index is 1.47. The standard InChI is InChI=1S/C25H39N3O5S/c1-25(2,3)33-24(30)27(4)17-19-8-7-15-28(18-19)23(29)13-14-26-34(31,32)22-12-11-20-9-5-6-10-21(20)16-22/h11-12,16,19,26H,5-10,13-15,17-18H2,1-4H3/t19-/m0/s1. The fourth-order valence-electron chi connectivity index (χ4n) is 4.65. The van der Waals surface area contributed by atoms with Crippen molar-refractivity contribution in [2.24, 2.45) is 5.92 Å². The highest BCUT2D eigenvalue weighted by molar-refractivity contribution is 7.89. The Morgan fingerprint density at radius 2 is 1.85 bits per heavy atom. The van der Waals surface area contributed by atoms with Crippen molar-refractivity contribution >= 4 is 22.0 Å². The molecule has 3 rings (SSSR count). The number of piperidine rings is 1. The number of ether oxygens (including phenoxy) is 1. The van der Waals surface area contributed by atoms with Gasteiger partial charge in [0.05, 0.1) is 4.90 Å². The maximum atomic E-state index is 12.8. The summed E-state index contributed by atoms with van der Waals surface area (Å²) >= 11 is 0. The van der Waals surface area contributed by atoms with E-state index in [4.69, 9.17) is 4.74 Å². The zero-order valence-electron chi connectivity index (χ0n) is 20.9. The van der Waals surface area contributed by atoms with Gasteiger partial charge in [0.2, 0.25) is 15.9 Å². The summed E-state index contributed by atoms with van der Waals surface area (Å²) in [5.41, 5.74) is 1.80. The van der Waals surface area contributed by atoms with Crippen LogP contribution in [0.1, 0.15) is 64.0 Å². The normalized spacial score (nSPS) is 18.8. The maximum Gasteiger partial charge on any atom is 0.410 e. The van der Waals surface area contributed by atoms with Crippen LogP contribution in [-0.4, -0.2) is 69.0 Å². The predicted octanol–water partition coefficient (Wildman–Crippen LogP) is 3.34. The number of likely N-dealkylation sites (tertiary alicyclic amines) is 1. The van der Waals surface area contributed by atoms with E-state index >= 15 is 0 Å². The molecule has 1 atom stereocenters. The molecule has 0 saturated carbocycles. The van der Waals surface area contributed by atoms with E-state index in [1.807, 2.05) is 26.8 Å². The molecule has 34 heavy (non-hydrogen) atoms. The van der Waals surface area contributed by atoms with Crippen molar-refractivity contribution in [1.82, 2.24) is 14.5 Å². The molecule has 2 aliphatic rings. The third-order valence-electron chi connectivity index (χ3n) is 6.37. The number of hydrogen-bond acceptors (Lipinski definition) is 5. The quantitative estimate of drug-likeness (QED) is 0.629. The zero-order chi connectivity index (χ0) is 24.9. The van der Waals surface area contributed by atoms with Crippen LogP contribution in [0.4, 0.5) is 4.79 Å². The number of nitrogens with zero attached hydrogens (tertiary/aromatic N) is 2. The highest BCUT2D eigenvalue weighted by atomic mass is 32.2. The molecule has 1 heterocycles. The Kier molecular flexibility index (Phi) is 8.62. The highest BCUT2D eigenvalue weighted by Crippen LogP contribution is 2.24. The maximum absolute atomic E-state index is 12.8. The molecule has 0 spiro atoms. The van der Waals surface area contributed by atoms with Crippen molar-refractivity contribution in [1.29, 1.82) is 0 Å². The van der Waals surface area contributed by atoms with Crippen molar-refractivity contribution < 1.29 is 22.7 Å². The van der Waals surface area contributed by atoms with Gasteiger partial charge in [0.1, 0.15) is 5.60 Å². The van der Waals surface area contributed by atoms with Crippen molar-refractivity contribution in [2.75, 3.05) is 33.2 Å². The van der Waals surface area contributed by atoms with E-state index < -0.39 is 15.6 Å².